The van der Waals surface area contributed by atoms with Gasteiger partial charge in [0.1, 0.15) is 10.7 Å². The van der Waals surface area contributed by atoms with Gasteiger partial charge >= 0.3 is 0 Å². The SMILES string of the molecule is CC(C)C(CNS(=O)(=O)c1cncc(F)c1)C(C)C. The third-order valence-electron chi connectivity index (χ3n) is 3.21. The lowest BCUT2D eigenvalue weighted by atomic mass is 9.86. The van der Waals surface area contributed by atoms with Crippen LogP contribution in [-0.4, -0.2) is 19.9 Å². The van der Waals surface area contributed by atoms with Crippen molar-refractivity contribution in [3.63, 3.8) is 0 Å². The normalized spacial score (nSPS) is 12.6. The van der Waals surface area contributed by atoms with Gasteiger partial charge in [-0.3, -0.25) is 4.98 Å². The van der Waals surface area contributed by atoms with Crippen molar-refractivity contribution in [3.8, 4) is 0 Å². The summed E-state index contributed by atoms with van der Waals surface area (Å²) in [4.78, 5) is 3.41. The molecule has 0 unspecified atom stereocenters. The van der Waals surface area contributed by atoms with Crippen LogP contribution in [0.5, 0.6) is 0 Å². The monoisotopic (exact) mass is 288 g/mol. The fourth-order valence-corrected chi connectivity index (χ4v) is 3.12. The summed E-state index contributed by atoms with van der Waals surface area (Å²) in [5.74, 6) is 0.310. The summed E-state index contributed by atoms with van der Waals surface area (Å²) in [6.07, 6.45) is 2.12. The Kier molecular flexibility index (Phi) is 5.43. The molecule has 6 heteroatoms. The predicted molar refractivity (Wildman–Crippen MR) is 72.5 cm³/mol. The van der Waals surface area contributed by atoms with Crippen LogP contribution in [0.25, 0.3) is 0 Å². The Morgan fingerprint density at radius 3 is 2.26 bits per heavy atom. The van der Waals surface area contributed by atoms with E-state index in [4.69, 9.17) is 0 Å². The average molecular weight is 288 g/mol. The third-order valence-corrected chi connectivity index (χ3v) is 4.60. The molecule has 0 saturated carbocycles. The van der Waals surface area contributed by atoms with E-state index in [2.05, 4.69) is 37.4 Å². The Hall–Kier alpha value is -1.01. The molecule has 0 aliphatic rings. The van der Waals surface area contributed by atoms with Gasteiger partial charge in [0.2, 0.25) is 10.0 Å². The number of aromatic nitrogens is 1. The first-order valence-corrected chi connectivity index (χ1v) is 7.82. The molecule has 0 aliphatic heterocycles. The van der Waals surface area contributed by atoms with Gasteiger partial charge in [-0.1, -0.05) is 27.7 Å². The van der Waals surface area contributed by atoms with Crippen molar-refractivity contribution >= 4 is 10.0 Å². The van der Waals surface area contributed by atoms with E-state index in [1.165, 1.54) is 0 Å². The average Bonchev–Trinajstić information content (AvgIpc) is 2.28. The Morgan fingerprint density at radius 1 is 1.21 bits per heavy atom. The summed E-state index contributed by atoms with van der Waals surface area (Å²) >= 11 is 0. The lowest BCUT2D eigenvalue weighted by Crippen LogP contribution is -2.34. The number of nitrogens with zero attached hydrogens (tertiary/aromatic N) is 1. The van der Waals surface area contributed by atoms with E-state index in [0.29, 0.717) is 18.4 Å². The van der Waals surface area contributed by atoms with E-state index in [-0.39, 0.29) is 10.8 Å². The van der Waals surface area contributed by atoms with Crippen molar-refractivity contribution in [3.05, 3.63) is 24.3 Å². The Morgan fingerprint density at radius 2 is 1.79 bits per heavy atom. The summed E-state index contributed by atoms with van der Waals surface area (Å²) < 4.78 is 39.6. The van der Waals surface area contributed by atoms with E-state index in [9.17, 15) is 12.8 Å². The number of sulfonamides is 1. The first-order valence-electron chi connectivity index (χ1n) is 6.34. The van der Waals surface area contributed by atoms with Gasteiger partial charge in [-0.15, -0.1) is 0 Å². The van der Waals surface area contributed by atoms with E-state index < -0.39 is 15.8 Å². The summed E-state index contributed by atoms with van der Waals surface area (Å²) in [6.45, 7) is 8.57. The van der Waals surface area contributed by atoms with Crippen LogP contribution >= 0.6 is 0 Å². The first kappa shape index (κ1) is 16.0. The van der Waals surface area contributed by atoms with Crippen LogP contribution in [0.4, 0.5) is 4.39 Å². The second-order valence-electron chi connectivity index (χ2n) is 5.34. The van der Waals surface area contributed by atoms with Gasteiger partial charge in [0.15, 0.2) is 0 Å². The van der Waals surface area contributed by atoms with Gasteiger partial charge in [-0.05, 0) is 23.8 Å². The zero-order chi connectivity index (χ0) is 14.6. The van der Waals surface area contributed by atoms with Crippen molar-refractivity contribution in [1.29, 1.82) is 0 Å². The largest absolute Gasteiger partial charge is 0.260 e. The van der Waals surface area contributed by atoms with Gasteiger partial charge in [0, 0.05) is 12.7 Å². The smallest absolute Gasteiger partial charge is 0.242 e. The fraction of sp³-hybridized carbons (Fsp3) is 0.615. The summed E-state index contributed by atoms with van der Waals surface area (Å²) in [7, 11) is -3.70. The minimum Gasteiger partial charge on any atom is -0.260 e. The van der Waals surface area contributed by atoms with Gasteiger partial charge in [0.05, 0.1) is 6.20 Å². The maximum Gasteiger partial charge on any atom is 0.242 e. The molecule has 0 spiro atoms. The quantitative estimate of drug-likeness (QED) is 0.874. The first-order chi connectivity index (χ1) is 8.74. The van der Waals surface area contributed by atoms with Crippen molar-refractivity contribution in [2.24, 2.45) is 17.8 Å². The molecule has 0 atom stereocenters. The highest BCUT2D eigenvalue weighted by molar-refractivity contribution is 7.89. The summed E-state index contributed by atoms with van der Waals surface area (Å²) in [5, 5.41) is 0. The second kappa shape index (κ2) is 6.43. The third kappa shape index (κ3) is 4.54. The molecule has 108 valence electrons. The molecule has 1 aromatic heterocycles. The number of halogens is 1. The molecular formula is C13H21FN2O2S. The number of rotatable bonds is 6. The maximum atomic E-state index is 13.0. The lowest BCUT2D eigenvalue weighted by molar-refractivity contribution is 0.289. The zero-order valence-electron chi connectivity index (χ0n) is 11.7. The highest BCUT2D eigenvalue weighted by Gasteiger charge is 2.21. The van der Waals surface area contributed by atoms with Crippen LogP contribution in [0.1, 0.15) is 27.7 Å². The molecule has 1 N–H and O–H groups in total. The van der Waals surface area contributed by atoms with Crippen LogP contribution in [-0.2, 0) is 10.0 Å². The summed E-state index contributed by atoms with van der Waals surface area (Å²) in [5.41, 5.74) is 0. The van der Waals surface area contributed by atoms with Crippen molar-refractivity contribution in [2.75, 3.05) is 6.54 Å². The number of hydrogen-bond donors (Lipinski definition) is 1. The van der Waals surface area contributed by atoms with Crippen LogP contribution in [0, 0.1) is 23.6 Å². The molecule has 1 heterocycles. The topological polar surface area (TPSA) is 59.1 Å². The number of pyridine rings is 1. The Balaban J connectivity index is 2.81. The Bertz CT molecular complexity index is 507. The van der Waals surface area contributed by atoms with E-state index in [0.717, 1.165) is 18.5 Å². The standard InChI is InChI=1S/C13H21FN2O2S/c1-9(2)13(10(3)4)8-16-19(17,18)12-5-11(14)6-15-7-12/h5-7,9-10,13,16H,8H2,1-4H3. The number of hydrogen-bond acceptors (Lipinski definition) is 3. The summed E-state index contributed by atoms with van der Waals surface area (Å²) in [6, 6.07) is 0.967. The van der Waals surface area contributed by atoms with Gasteiger partial charge in [-0.2, -0.15) is 0 Å². The van der Waals surface area contributed by atoms with Gasteiger partial charge in [-0.25, -0.2) is 17.5 Å². The lowest BCUT2D eigenvalue weighted by Gasteiger charge is -2.24. The van der Waals surface area contributed by atoms with E-state index in [1.54, 1.807) is 0 Å². The minimum absolute atomic E-state index is 0.140. The van der Waals surface area contributed by atoms with Crippen molar-refractivity contribution < 1.29 is 12.8 Å². The zero-order valence-corrected chi connectivity index (χ0v) is 12.5. The molecular weight excluding hydrogens is 267 g/mol. The van der Waals surface area contributed by atoms with Crippen LogP contribution in [0.2, 0.25) is 0 Å². The highest BCUT2D eigenvalue weighted by atomic mass is 32.2. The molecule has 0 radical (unpaired) electrons. The maximum absolute atomic E-state index is 13.0. The fourth-order valence-electron chi connectivity index (χ4n) is 2.07. The molecule has 0 fully saturated rings. The van der Waals surface area contributed by atoms with Crippen LogP contribution < -0.4 is 4.72 Å². The van der Waals surface area contributed by atoms with E-state index in [1.807, 2.05) is 0 Å². The van der Waals surface area contributed by atoms with Crippen molar-refractivity contribution in [2.45, 2.75) is 32.6 Å². The molecule has 1 aromatic rings. The molecule has 4 nitrogen and oxygen atoms in total. The predicted octanol–water partition coefficient (Wildman–Crippen LogP) is 2.43. The van der Waals surface area contributed by atoms with Crippen LogP contribution in [0.15, 0.2) is 23.4 Å². The molecule has 1 rings (SSSR count). The minimum atomic E-state index is -3.70. The highest BCUT2D eigenvalue weighted by Crippen LogP contribution is 2.20. The number of nitrogens with one attached hydrogen (secondary N) is 1. The molecule has 19 heavy (non-hydrogen) atoms. The molecule has 0 bridgehead atoms. The van der Waals surface area contributed by atoms with Crippen LogP contribution in [0.3, 0.4) is 0 Å². The van der Waals surface area contributed by atoms with Crippen molar-refractivity contribution in [1.82, 2.24) is 9.71 Å². The molecule has 0 saturated heterocycles. The molecule has 0 aromatic carbocycles. The van der Waals surface area contributed by atoms with E-state index >= 15 is 0 Å². The molecule has 0 aliphatic carbocycles. The van der Waals surface area contributed by atoms with Gasteiger partial charge < -0.3 is 0 Å². The second-order valence-corrected chi connectivity index (χ2v) is 7.11. The Labute approximate surface area is 114 Å². The van der Waals surface area contributed by atoms with Gasteiger partial charge in [0.25, 0.3) is 0 Å². The molecule has 0 amide bonds.